The lowest BCUT2D eigenvalue weighted by atomic mass is 9.74. The highest BCUT2D eigenvalue weighted by Crippen LogP contribution is 2.40. The summed E-state index contributed by atoms with van der Waals surface area (Å²) >= 11 is 0. The first-order chi connectivity index (χ1) is 7.18. The van der Waals surface area contributed by atoms with Gasteiger partial charge in [0, 0.05) is 17.0 Å². The van der Waals surface area contributed by atoms with E-state index in [1.165, 1.54) is 5.06 Å². The number of hydrogen-bond donors (Lipinski definition) is 1. The summed E-state index contributed by atoms with van der Waals surface area (Å²) in [5.41, 5.74) is -0.813. The molecule has 1 unspecified atom stereocenters. The Kier molecular flexibility index (Phi) is 3.44. The predicted molar refractivity (Wildman–Crippen MR) is 57.5 cm³/mol. The fourth-order valence-electron chi connectivity index (χ4n) is 2.38. The Labute approximate surface area is 95.2 Å². The van der Waals surface area contributed by atoms with Crippen molar-refractivity contribution < 1.29 is 15.1 Å². The zero-order chi connectivity index (χ0) is 12.6. The van der Waals surface area contributed by atoms with E-state index in [0.717, 1.165) is 12.8 Å². The molecule has 1 rings (SSSR count). The van der Waals surface area contributed by atoms with Crippen LogP contribution in [0.5, 0.6) is 0 Å². The standard InChI is InChI=1S/C10H20N2O4/c1-9(2)6-5-8(7-16-12(14)15)10(3,4)11(9)13/h8,13H,5-7H2,1-4H3. The van der Waals surface area contributed by atoms with Gasteiger partial charge in [0.15, 0.2) is 0 Å². The summed E-state index contributed by atoms with van der Waals surface area (Å²) in [4.78, 5) is 14.6. The molecule has 1 saturated heterocycles. The number of nitrogens with zero attached hydrogens (tertiary/aromatic N) is 2. The van der Waals surface area contributed by atoms with Gasteiger partial charge in [0.2, 0.25) is 0 Å². The molecule has 1 heterocycles. The quantitative estimate of drug-likeness (QED) is 0.593. The highest BCUT2D eigenvalue weighted by Gasteiger charge is 2.47. The summed E-state index contributed by atoms with van der Waals surface area (Å²) in [6.45, 7) is 7.70. The van der Waals surface area contributed by atoms with Crippen LogP contribution < -0.4 is 0 Å². The molecule has 1 N–H and O–H groups in total. The second-order valence-electron chi connectivity index (χ2n) is 5.53. The topological polar surface area (TPSA) is 75.8 Å². The minimum Gasteiger partial charge on any atom is -0.314 e. The summed E-state index contributed by atoms with van der Waals surface area (Å²) < 4.78 is 0. The Hall–Kier alpha value is -0.880. The molecule has 1 fully saturated rings. The van der Waals surface area contributed by atoms with Gasteiger partial charge in [-0.15, -0.1) is 10.1 Å². The Bertz CT molecular complexity index is 278. The molecule has 0 bridgehead atoms. The second kappa shape index (κ2) is 4.18. The second-order valence-corrected chi connectivity index (χ2v) is 5.53. The largest absolute Gasteiger partial charge is 0.314 e. The van der Waals surface area contributed by atoms with Crippen LogP contribution in [-0.4, -0.2) is 33.0 Å². The number of piperidine rings is 1. The highest BCUT2D eigenvalue weighted by atomic mass is 16.9. The van der Waals surface area contributed by atoms with Gasteiger partial charge in [-0.1, -0.05) is 0 Å². The van der Waals surface area contributed by atoms with Crippen molar-refractivity contribution in [2.45, 2.75) is 51.6 Å². The van der Waals surface area contributed by atoms with E-state index >= 15 is 0 Å². The van der Waals surface area contributed by atoms with Gasteiger partial charge in [0.25, 0.3) is 5.09 Å². The zero-order valence-electron chi connectivity index (χ0n) is 10.3. The van der Waals surface area contributed by atoms with E-state index in [4.69, 9.17) is 0 Å². The first-order valence-corrected chi connectivity index (χ1v) is 5.44. The molecule has 0 aromatic heterocycles. The van der Waals surface area contributed by atoms with Crippen LogP contribution in [0.2, 0.25) is 0 Å². The molecule has 1 atom stereocenters. The summed E-state index contributed by atoms with van der Waals surface area (Å²) in [7, 11) is 0. The minimum absolute atomic E-state index is 0.0349. The molecule has 1 aliphatic rings. The molecule has 6 nitrogen and oxygen atoms in total. The Morgan fingerprint density at radius 2 is 2.06 bits per heavy atom. The van der Waals surface area contributed by atoms with Gasteiger partial charge in [-0.25, -0.2) is 0 Å². The van der Waals surface area contributed by atoms with Crippen molar-refractivity contribution in [1.29, 1.82) is 0 Å². The molecule has 0 aromatic rings. The molecule has 94 valence electrons. The monoisotopic (exact) mass is 232 g/mol. The average Bonchev–Trinajstić information content (AvgIpc) is 2.13. The van der Waals surface area contributed by atoms with Gasteiger partial charge in [-0.2, -0.15) is 5.06 Å². The zero-order valence-corrected chi connectivity index (χ0v) is 10.3. The molecule has 0 saturated carbocycles. The number of hydroxylamine groups is 2. The lowest BCUT2D eigenvalue weighted by Gasteiger charge is -2.52. The van der Waals surface area contributed by atoms with Crippen LogP contribution >= 0.6 is 0 Å². The van der Waals surface area contributed by atoms with Crippen LogP contribution in [-0.2, 0) is 4.84 Å². The number of hydrogen-bond acceptors (Lipinski definition) is 5. The van der Waals surface area contributed by atoms with E-state index in [1.807, 2.05) is 27.7 Å². The predicted octanol–water partition coefficient (Wildman–Crippen LogP) is 1.85. The van der Waals surface area contributed by atoms with Gasteiger partial charge in [0.1, 0.15) is 6.61 Å². The number of rotatable bonds is 3. The fourth-order valence-corrected chi connectivity index (χ4v) is 2.38. The molecule has 0 aliphatic carbocycles. The Morgan fingerprint density at radius 1 is 1.50 bits per heavy atom. The molecule has 16 heavy (non-hydrogen) atoms. The molecule has 0 aromatic carbocycles. The Morgan fingerprint density at radius 3 is 2.56 bits per heavy atom. The van der Waals surface area contributed by atoms with E-state index in [9.17, 15) is 15.3 Å². The van der Waals surface area contributed by atoms with Gasteiger partial charge in [0.05, 0.1) is 0 Å². The van der Waals surface area contributed by atoms with Crippen molar-refractivity contribution in [3.05, 3.63) is 10.1 Å². The third kappa shape index (κ3) is 2.44. The van der Waals surface area contributed by atoms with Crippen molar-refractivity contribution in [2.75, 3.05) is 6.61 Å². The van der Waals surface area contributed by atoms with Crippen LogP contribution in [0.4, 0.5) is 0 Å². The first kappa shape index (κ1) is 13.2. The van der Waals surface area contributed by atoms with Gasteiger partial charge in [-0.3, -0.25) is 0 Å². The maximum absolute atomic E-state index is 10.2. The lowest BCUT2D eigenvalue weighted by Crippen LogP contribution is -2.61. The van der Waals surface area contributed by atoms with Gasteiger partial charge < -0.3 is 10.0 Å². The van der Waals surface area contributed by atoms with Crippen molar-refractivity contribution in [2.24, 2.45) is 5.92 Å². The maximum atomic E-state index is 10.2. The fraction of sp³-hybridized carbons (Fsp3) is 1.00. The third-order valence-electron chi connectivity index (χ3n) is 3.60. The maximum Gasteiger partial charge on any atom is 0.294 e. The summed E-state index contributed by atoms with van der Waals surface area (Å²) in [6, 6.07) is 0. The van der Waals surface area contributed by atoms with Crippen LogP contribution in [0.15, 0.2) is 0 Å². The van der Waals surface area contributed by atoms with E-state index in [2.05, 4.69) is 4.84 Å². The van der Waals surface area contributed by atoms with Gasteiger partial charge in [-0.05, 0) is 40.5 Å². The van der Waals surface area contributed by atoms with Crippen molar-refractivity contribution in [3.63, 3.8) is 0 Å². The summed E-state index contributed by atoms with van der Waals surface area (Å²) in [6.07, 6.45) is 1.60. The van der Waals surface area contributed by atoms with E-state index in [1.54, 1.807) is 0 Å². The summed E-state index contributed by atoms with van der Waals surface area (Å²) in [5, 5.41) is 20.8. The van der Waals surface area contributed by atoms with Crippen molar-refractivity contribution in [3.8, 4) is 0 Å². The molecule has 0 spiro atoms. The molecule has 0 amide bonds. The Balaban J connectivity index is 2.72. The van der Waals surface area contributed by atoms with Gasteiger partial charge >= 0.3 is 0 Å². The van der Waals surface area contributed by atoms with E-state index in [0.29, 0.717) is 0 Å². The van der Waals surface area contributed by atoms with E-state index in [-0.39, 0.29) is 18.1 Å². The van der Waals surface area contributed by atoms with E-state index < -0.39 is 10.6 Å². The van der Waals surface area contributed by atoms with Crippen LogP contribution in [0.25, 0.3) is 0 Å². The lowest BCUT2D eigenvalue weighted by molar-refractivity contribution is -0.760. The minimum atomic E-state index is -0.780. The van der Waals surface area contributed by atoms with Crippen LogP contribution in [0.1, 0.15) is 40.5 Å². The summed E-state index contributed by atoms with van der Waals surface area (Å²) in [5.74, 6) is -0.0454. The van der Waals surface area contributed by atoms with Crippen LogP contribution in [0, 0.1) is 16.0 Å². The van der Waals surface area contributed by atoms with Crippen molar-refractivity contribution in [1.82, 2.24) is 5.06 Å². The first-order valence-electron chi connectivity index (χ1n) is 5.44. The highest BCUT2D eigenvalue weighted by molar-refractivity contribution is 4.97. The SMILES string of the molecule is CC1(C)CCC(CO[N+](=O)[O-])C(C)(C)N1O. The molecular weight excluding hydrogens is 212 g/mol. The van der Waals surface area contributed by atoms with Crippen LogP contribution in [0.3, 0.4) is 0 Å². The smallest absolute Gasteiger partial charge is 0.294 e. The molecule has 0 radical (unpaired) electrons. The molecule has 1 aliphatic heterocycles. The van der Waals surface area contributed by atoms with Crippen molar-refractivity contribution >= 4 is 0 Å². The average molecular weight is 232 g/mol. The normalized spacial score (nSPS) is 28.7. The molecule has 6 heteroatoms. The third-order valence-corrected chi connectivity index (χ3v) is 3.60. The molecular formula is C10H20N2O4.